The third kappa shape index (κ3) is 6.08. The molecule has 3 rings (SSSR count). The monoisotopic (exact) mass is 406 g/mol. The summed E-state index contributed by atoms with van der Waals surface area (Å²) in [6.45, 7) is 0.151. The number of ether oxygens (including phenoxy) is 1. The van der Waals surface area contributed by atoms with E-state index in [1.165, 1.54) is 0 Å². The van der Waals surface area contributed by atoms with Crippen LogP contribution in [0.4, 0.5) is 10.5 Å². The van der Waals surface area contributed by atoms with Crippen molar-refractivity contribution in [1.29, 1.82) is 5.26 Å². The van der Waals surface area contributed by atoms with Crippen molar-refractivity contribution >= 4 is 23.4 Å². The molecular formula is C23H19ClN2O3. The van der Waals surface area contributed by atoms with Gasteiger partial charge in [0.2, 0.25) is 0 Å². The van der Waals surface area contributed by atoms with Crippen LogP contribution in [0, 0.1) is 11.3 Å². The van der Waals surface area contributed by atoms with Crippen LogP contribution in [0.15, 0.2) is 72.8 Å². The van der Waals surface area contributed by atoms with Crippen molar-refractivity contribution in [1.82, 2.24) is 0 Å². The molecule has 3 aromatic rings. The minimum Gasteiger partial charge on any atom is -0.444 e. The van der Waals surface area contributed by atoms with Gasteiger partial charge < -0.3 is 9.84 Å². The number of nitrogens with zero attached hydrogens (tertiary/aromatic N) is 1. The molecule has 0 spiro atoms. The topological polar surface area (TPSA) is 82.4 Å². The van der Waals surface area contributed by atoms with Gasteiger partial charge in [-0.25, -0.2) is 4.79 Å². The lowest BCUT2D eigenvalue weighted by atomic mass is 10.00. The fraction of sp³-hybridized carbons (Fsp3) is 0.130. The first-order valence-corrected chi connectivity index (χ1v) is 9.36. The Morgan fingerprint density at radius 2 is 1.83 bits per heavy atom. The summed E-state index contributed by atoms with van der Waals surface area (Å²) in [5, 5.41) is 22.6. The molecule has 0 aliphatic heterocycles. The molecule has 0 radical (unpaired) electrons. The summed E-state index contributed by atoms with van der Waals surface area (Å²) >= 11 is 6.15. The van der Waals surface area contributed by atoms with Crippen LogP contribution in [0.3, 0.4) is 0 Å². The summed E-state index contributed by atoms with van der Waals surface area (Å²) in [6.07, 6.45) is -1.14. The predicted molar refractivity (Wildman–Crippen MR) is 112 cm³/mol. The first-order chi connectivity index (χ1) is 14.0. The zero-order valence-corrected chi connectivity index (χ0v) is 16.3. The summed E-state index contributed by atoms with van der Waals surface area (Å²) in [7, 11) is 0. The van der Waals surface area contributed by atoms with Gasteiger partial charge in [0.15, 0.2) is 0 Å². The number of rotatable bonds is 6. The maximum Gasteiger partial charge on any atom is 0.411 e. The number of halogens is 1. The summed E-state index contributed by atoms with van der Waals surface area (Å²) in [5.74, 6) is 0. The van der Waals surface area contributed by atoms with E-state index in [0.29, 0.717) is 28.3 Å². The van der Waals surface area contributed by atoms with Crippen molar-refractivity contribution < 1.29 is 14.6 Å². The van der Waals surface area contributed by atoms with E-state index in [1.54, 1.807) is 36.4 Å². The number of aliphatic hydroxyl groups is 1. The van der Waals surface area contributed by atoms with Crippen LogP contribution < -0.4 is 5.32 Å². The lowest BCUT2D eigenvalue weighted by Gasteiger charge is -2.14. The number of hydrogen-bond acceptors (Lipinski definition) is 4. The molecule has 0 aliphatic rings. The van der Waals surface area contributed by atoms with Crippen LogP contribution in [-0.2, 0) is 17.8 Å². The lowest BCUT2D eigenvalue weighted by Crippen LogP contribution is -2.14. The van der Waals surface area contributed by atoms with Gasteiger partial charge in [0, 0.05) is 17.1 Å². The van der Waals surface area contributed by atoms with Crippen molar-refractivity contribution in [3.63, 3.8) is 0 Å². The van der Waals surface area contributed by atoms with E-state index in [1.807, 2.05) is 36.4 Å². The third-order valence-corrected chi connectivity index (χ3v) is 4.47. The van der Waals surface area contributed by atoms with Gasteiger partial charge >= 0.3 is 6.09 Å². The first kappa shape index (κ1) is 20.4. The highest BCUT2D eigenvalue weighted by Gasteiger charge is 2.13. The Labute approximate surface area is 174 Å². The summed E-state index contributed by atoms with van der Waals surface area (Å²) in [5.41, 5.74) is 3.22. The minimum atomic E-state index is -0.844. The molecule has 0 unspecified atom stereocenters. The molecule has 0 aromatic heterocycles. The number of benzene rings is 3. The summed E-state index contributed by atoms with van der Waals surface area (Å²) in [6, 6.07) is 23.4. The summed E-state index contributed by atoms with van der Waals surface area (Å²) < 4.78 is 5.21. The Morgan fingerprint density at radius 1 is 1.07 bits per heavy atom. The maximum atomic E-state index is 12.1. The molecule has 0 bridgehead atoms. The molecular weight excluding hydrogens is 388 g/mol. The van der Waals surface area contributed by atoms with Crippen molar-refractivity contribution in [3.8, 4) is 6.07 Å². The average Bonchev–Trinajstić information content (AvgIpc) is 2.72. The van der Waals surface area contributed by atoms with Gasteiger partial charge in [-0.3, -0.25) is 5.32 Å². The van der Waals surface area contributed by atoms with E-state index in [-0.39, 0.29) is 6.61 Å². The van der Waals surface area contributed by atoms with Crippen LogP contribution in [0.25, 0.3) is 0 Å². The largest absolute Gasteiger partial charge is 0.444 e. The molecule has 5 nitrogen and oxygen atoms in total. The Kier molecular flexibility index (Phi) is 6.85. The fourth-order valence-electron chi connectivity index (χ4n) is 2.86. The number of carbonyl (C=O) groups is 1. The number of amides is 1. The van der Waals surface area contributed by atoms with E-state index in [9.17, 15) is 9.90 Å². The molecule has 2 N–H and O–H groups in total. The molecule has 1 amide bonds. The Hall–Kier alpha value is -3.33. The highest BCUT2D eigenvalue weighted by molar-refractivity contribution is 6.31. The standard InChI is InChI=1S/C23H19ClN2O3/c24-20-11-19(22(27)10-17-7-4-8-18(9-17)14-25)12-21(13-20)26-23(28)29-15-16-5-2-1-3-6-16/h1-9,11-13,22,27H,10,15H2,(H,26,28)/t22-/m0/s1. The SMILES string of the molecule is N#Cc1cccc(C[C@H](O)c2cc(Cl)cc(NC(=O)OCc3ccccc3)c2)c1. The first-order valence-electron chi connectivity index (χ1n) is 8.99. The van der Waals surface area contributed by atoms with Crippen LogP contribution >= 0.6 is 11.6 Å². The molecule has 3 aromatic carbocycles. The number of nitriles is 1. The van der Waals surface area contributed by atoms with E-state index in [4.69, 9.17) is 21.6 Å². The molecule has 29 heavy (non-hydrogen) atoms. The molecule has 0 aliphatic carbocycles. The lowest BCUT2D eigenvalue weighted by molar-refractivity contribution is 0.155. The molecule has 6 heteroatoms. The Morgan fingerprint density at radius 3 is 2.59 bits per heavy atom. The number of hydrogen-bond donors (Lipinski definition) is 2. The second-order valence-corrected chi connectivity index (χ2v) is 6.93. The molecule has 146 valence electrons. The number of carbonyl (C=O) groups excluding carboxylic acids is 1. The number of nitrogens with one attached hydrogen (secondary N) is 1. The van der Waals surface area contributed by atoms with Gasteiger partial charge in [-0.15, -0.1) is 0 Å². The highest BCUT2D eigenvalue weighted by atomic mass is 35.5. The predicted octanol–water partition coefficient (Wildman–Crippen LogP) is 5.24. The van der Waals surface area contributed by atoms with Crippen molar-refractivity contribution in [2.75, 3.05) is 5.32 Å². The van der Waals surface area contributed by atoms with Gasteiger partial charge in [0.1, 0.15) is 6.61 Å². The fourth-order valence-corrected chi connectivity index (χ4v) is 3.11. The van der Waals surface area contributed by atoms with Crippen molar-refractivity contribution in [2.45, 2.75) is 19.1 Å². The van der Waals surface area contributed by atoms with Crippen molar-refractivity contribution in [2.24, 2.45) is 0 Å². The molecule has 1 atom stereocenters. The van der Waals surface area contributed by atoms with Gasteiger partial charge in [0.05, 0.1) is 17.7 Å². The normalized spacial score (nSPS) is 11.3. The Balaban J connectivity index is 1.65. The van der Waals surface area contributed by atoms with E-state index >= 15 is 0 Å². The number of aliphatic hydroxyl groups excluding tert-OH is 1. The van der Waals surface area contributed by atoms with Crippen LogP contribution in [-0.4, -0.2) is 11.2 Å². The second kappa shape index (κ2) is 9.74. The molecule has 0 fully saturated rings. The quantitative estimate of drug-likeness (QED) is 0.586. The van der Waals surface area contributed by atoms with Crippen molar-refractivity contribution in [3.05, 3.63) is 100 Å². The number of anilines is 1. The van der Waals surface area contributed by atoms with E-state index in [0.717, 1.165) is 11.1 Å². The van der Waals surface area contributed by atoms with Crippen LogP contribution in [0.5, 0.6) is 0 Å². The maximum absolute atomic E-state index is 12.1. The molecule has 0 saturated carbocycles. The zero-order valence-electron chi connectivity index (χ0n) is 15.5. The third-order valence-electron chi connectivity index (χ3n) is 4.25. The zero-order chi connectivity index (χ0) is 20.6. The Bertz CT molecular complexity index is 1030. The van der Waals surface area contributed by atoms with Gasteiger partial charge in [0.25, 0.3) is 0 Å². The van der Waals surface area contributed by atoms with Crippen LogP contribution in [0.1, 0.15) is 28.4 Å². The molecule has 0 heterocycles. The van der Waals surface area contributed by atoms with Gasteiger partial charge in [-0.1, -0.05) is 54.1 Å². The highest BCUT2D eigenvalue weighted by Crippen LogP contribution is 2.26. The van der Waals surface area contributed by atoms with Crippen LogP contribution in [0.2, 0.25) is 5.02 Å². The van der Waals surface area contributed by atoms with Gasteiger partial charge in [-0.05, 0) is 47.0 Å². The van der Waals surface area contributed by atoms with E-state index in [2.05, 4.69) is 11.4 Å². The second-order valence-electron chi connectivity index (χ2n) is 6.49. The smallest absolute Gasteiger partial charge is 0.411 e. The average molecular weight is 407 g/mol. The van der Waals surface area contributed by atoms with Gasteiger partial charge in [-0.2, -0.15) is 5.26 Å². The minimum absolute atomic E-state index is 0.151. The molecule has 0 saturated heterocycles. The summed E-state index contributed by atoms with van der Waals surface area (Å²) in [4.78, 5) is 12.1. The van der Waals surface area contributed by atoms with E-state index < -0.39 is 12.2 Å².